The highest BCUT2D eigenvalue weighted by molar-refractivity contribution is 7.12. The number of aliphatic hydroxyl groups excluding tert-OH is 1. The summed E-state index contributed by atoms with van der Waals surface area (Å²) < 4.78 is 0. The number of amides is 1. The number of aliphatic hydroxyl groups is 1. The van der Waals surface area contributed by atoms with Gasteiger partial charge in [-0.15, -0.1) is 11.3 Å². The molecule has 0 saturated heterocycles. The molecule has 0 bridgehead atoms. The van der Waals surface area contributed by atoms with E-state index >= 15 is 0 Å². The van der Waals surface area contributed by atoms with Gasteiger partial charge < -0.3 is 10.4 Å². The van der Waals surface area contributed by atoms with Gasteiger partial charge in [-0.05, 0) is 26.8 Å². The second-order valence-electron chi connectivity index (χ2n) is 4.40. The van der Waals surface area contributed by atoms with Crippen molar-refractivity contribution in [2.75, 3.05) is 6.54 Å². The number of rotatable bonds is 6. The van der Waals surface area contributed by atoms with E-state index in [-0.39, 0.29) is 31.1 Å². The molecule has 0 saturated carbocycles. The van der Waals surface area contributed by atoms with Crippen molar-refractivity contribution < 1.29 is 14.7 Å². The van der Waals surface area contributed by atoms with E-state index in [1.165, 1.54) is 0 Å². The first-order chi connectivity index (χ1) is 8.40. The molecule has 0 radical (unpaired) electrons. The van der Waals surface area contributed by atoms with Gasteiger partial charge in [-0.1, -0.05) is 0 Å². The summed E-state index contributed by atoms with van der Waals surface area (Å²) in [6.45, 7) is 5.70. The number of carbonyl (C=O) groups excluding carboxylic acids is 2. The molecule has 18 heavy (non-hydrogen) atoms. The topological polar surface area (TPSA) is 66.4 Å². The van der Waals surface area contributed by atoms with E-state index < -0.39 is 6.10 Å². The average molecular weight is 269 g/mol. The van der Waals surface area contributed by atoms with E-state index in [9.17, 15) is 9.59 Å². The molecule has 0 aliphatic heterocycles. The quantitative estimate of drug-likeness (QED) is 0.774. The lowest BCUT2D eigenvalue weighted by Crippen LogP contribution is -2.30. The molecule has 4 nitrogen and oxygen atoms in total. The molecule has 0 spiro atoms. The number of Topliss-reactive ketones (excluding diaryl/α,β-unsaturated/α-hetero) is 1. The summed E-state index contributed by atoms with van der Waals surface area (Å²) in [4.78, 5) is 25.4. The summed E-state index contributed by atoms with van der Waals surface area (Å²) in [5.41, 5.74) is 0.723. The lowest BCUT2D eigenvalue weighted by atomic mass is 10.1. The van der Waals surface area contributed by atoms with E-state index in [1.54, 1.807) is 18.3 Å². The summed E-state index contributed by atoms with van der Waals surface area (Å²) in [6, 6.07) is 1.87. The molecule has 1 atom stereocenters. The molecule has 1 unspecified atom stereocenters. The summed E-state index contributed by atoms with van der Waals surface area (Å²) in [5, 5.41) is 11.6. The summed E-state index contributed by atoms with van der Waals surface area (Å²) in [6.07, 6.45) is -0.186. The highest BCUT2D eigenvalue weighted by atomic mass is 32.1. The Bertz CT molecular complexity index is 437. The van der Waals surface area contributed by atoms with Crippen molar-refractivity contribution in [3.8, 4) is 0 Å². The van der Waals surface area contributed by atoms with E-state index in [0.29, 0.717) is 0 Å². The van der Waals surface area contributed by atoms with Crippen molar-refractivity contribution in [3.63, 3.8) is 0 Å². The van der Waals surface area contributed by atoms with Crippen molar-refractivity contribution in [1.29, 1.82) is 0 Å². The molecule has 1 aromatic heterocycles. The number of thiophene rings is 1. The van der Waals surface area contributed by atoms with Crippen LogP contribution >= 0.6 is 11.3 Å². The number of ketones is 1. The standard InChI is InChI=1S/C13H19NO3S/c1-8(15)7-14-13(17)5-4-12(16)11-6-9(2)18-10(11)3/h6,8,15H,4-5,7H2,1-3H3,(H,14,17). The Balaban J connectivity index is 2.42. The fourth-order valence-electron chi connectivity index (χ4n) is 1.62. The fourth-order valence-corrected chi connectivity index (χ4v) is 2.56. The third-order valence-corrected chi connectivity index (χ3v) is 3.48. The Labute approximate surface area is 111 Å². The number of nitrogens with one attached hydrogen (secondary N) is 1. The molecule has 0 fully saturated rings. The maximum Gasteiger partial charge on any atom is 0.220 e. The first-order valence-corrected chi connectivity index (χ1v) is 6.76. The van der Waals surface area contributed by atoms with Gasteiger partial charge in [0.1, 0.15) is 0 Å². The van der Waals surface area contributed by atoms with Crippen LogP contribution in [0.5, 0.6) is 0 Å². The Morgan fingerprint density at radius 1 is 1.39 bits per heavy atom. The summed E-state index contributed by atoms with van der Waals surface area (Å²) >= 11 is 1.59. The fraction of sp³-hybridized carbons (Fsp3) is 0.538. The molecule has 1 amide bonds. The summed E-state index contributed by atoms with van der Waals surface area (Å²) in [7, 11) is 0. The minimum absolute atomic E-state index is 0.00375. The maximum atomic E-state index is 11.9. The molecule has 100 valence electrons. The predicted octanol–water partition coefficient (Wildman–Crippen LogP) is 1.82. The monoisotopic (exact) mass is 269 g/mol. The van der Waals surface area contributed by atoms with Crippen LogP contribution in [0.3, 0.4) is 0 Å². The van der Waals surface area contributed by atoms with Gasteiger partial charge in [0.2, 0.25) is 5.91 Å². The Kier molecular flexibility index (Phi) is 5.50. The minimum Gasteiger partial charge on any atom is -0.392 e. The Morgan fingerprint density at radius 2 is 2.06 bits per heavy atom. The SMILES string of the molecule is Cc1cc(C(=O)CCC(=O)NCC(C)O)c(C)s1. The molecule has 0 aliphatic rings. The normalized spacial score (nSPS) is 12.2. The second-order valence-corrected chi connectivity index (χ2v) is 5.86. The molecule has 2 N–H and O–H groups in total. The van der Waals surface area contributed by atoms with Crippen molar-refractivity contribution in [2.24, 2.45) is 0 Å². The van der Waals surface area contributed by atoms with Crippen LogP contribution in [-0.4, -0.2) is 29.4 Å². The highest BCUT2D eigenvalue weighted by Gasteiger charge is 2.13. The van der Waals surface area contributed by atoms with Crippen molar-refractivity contribution in [2.45, 2.75) is 39.7 Å². The number of hydrogen-bond acceptors (Lipinski definition) is 4. The first kappa shape index (κ1) is 14.9. The maximum absolute atomic E-state index is 11.9. The van der Waals surface area contributed by atoms with Gasteiger partial charge >= 0.3 is 0 Å². The molecular formula is C13H19NO3S. The van der Waals surface area contributed by atoms with Gasteiger partial charge in [-0.25, -0.2) is 0 Å². The molecule has 0 aromatic carbocycles. The lowest BCUT2D eigenvalue weighted by Gasteiger charge is -2.06. The molecule has 1 heterocycles. The second kappa shape index (κ2) is 6.66. The van der Waals surface area contributed by atoms with E-state index in [4.69, 9.17) is 5.11 Å². The van der Waals surface area contributed by atoms with Gasteiger partial charge in [0.15, 0.2) is 5.78 Å². The van der Waals surface area contributed by atoms with Crippen molar-refractivity contribution in [3.05, 3.63) is 21.4 Å². The third-order valence-electron chi connectivity index (χ3n) is 2.52. The predicted molar refractivity (Wildman–Crippen MR) is 72.0 cm³/mol. The van der Waals surface area contributed by atoms with Gasteiger partial charge in [0.25, 0.3) is 0 Å². The van der Waals surface area contributed by atoms with Crippen LogP contribution in [0.1, 0.15) is 39.9 Å². The minimum atomic E-state index is -0.564. The highest BCUT2D eigenvalue weighted by Crippen LogP contribution is 2.22. The number of hydrogen-bond donors (Lipinski definition) is 2. The van der Waals surface area contributed by atoms with Gasteiger partial charge in [-0.3, -0.25) is 9.59 Å². The van der Waals surface area contributed by atoms with Gasteiger partial charge in [0.05, 0.1) is 6.10 Å². The Morgan fingerprint density at radius 3 is 2.56 bits per heavy atom. The van der Waals surface area contributed by atoms with Crippen LogP contribution in [0.15, 0.2) is 6.07 Å². The number of aryl methyl sites for hydroxylation is 2. The van der Waals surface area contributed by atoms with E-state index in [1.807, 2.05) is 19.9 Å². The summed E-state index contributed by atoms with van der Waals surface area (Å²) in [5.74, 6) is -0.196. The van der Waals surface area contributed by atoms with Crippen LogP contribution in [0, 0.1) is 13.8 Å². The van der Waals surface area contributed by atoms with Crippen LogP contribution in [-0.2, 0) is 4.79 Å². The van der Waals surface area contributed by atoms with Crippen LogP contribution < -0.4 is 5.32 Å². The molecule has 1 aromatic rings. The molecule has 5 heteroatoms. The Hall–Kier alpha value is -1.20. The van der Waals surface area contributed by atoms with Gasteiger partial charge in [-0.2, -0.15) is 0 Å². The lowest BCUT2D eigenvalue weighted by molar-refractivity contribution is -0.121. The van der Waals surface area contributed by atoms with Crippen LogP contribution in [0.25, 0.3) is 0 Å². The molecule has 1 rings (SSSR count). The van der Waals surface area contributed by atoms with Crippen LogP contribution in [0.2, 0.25) is 0 Å². The zero-order chi connectivity index (χ0) is 13.7. The largest absolute Gasteiger partial charge is 0.392 e. The first-order valence-electron chi connectivity index (χ1n) is 5.95. The zero-order valence-corrected chi connectivity index (χ0v) is 11.8. The molecule has 0 aliphatic carbocycles. The van der Waals surface area contributed by atoms with E-state index in [2.05, 4.69) is 5.32 Å². The van der Waals surface area contributed by atoms with Gasteiger partial charge in [0, 0.05) is 34.7 Å². The van der Waals surface area contributed by atoms with Crippen LogP contribution in [0.4, 0.5) is 0 Å². The molecular weight excluding hydrogens is 250 g/mol. The number of carbonyl (C=O) groups is 2. The van der Waals surface area contributed by atoms with Crippen molar-refractivity contribution in [1.82, 2.24) is 5.32 Å². The zero-order valence-electron chi connectivity index (χ0n) is 10.9. The average Bonchev–Trinajstić information content (AvgIpc) is 2.62. The van der Waals surface area contributed by atoms with E-state index in [0.717, 1.165) is 15.3 Å². The van der Waals surface area contributed by atoms with Crippen molar-refractivity contribution >= 4 is 23.0 Å². The smallest absolute Gasteiger partial charge is 0.220 e. The third kappa shape index (κ3) is 4.58.